The minimum absolute atomic E-state index is 0.0947. The highest BCUT2D eigenvalue weighted by Crippen LogP contribution is 2.65. The maximum atomic E-state index is 12.7. The minimum atomic E-state index is -0.891. The molecule has 1 spiro atoms. The number of nitrogens with zero attached hydrogens (tertiary/aromatic N) is 1. The van der Waals surface area contributed by atoms with Gasteiger partial charge in [-0.2, -0.15) is 0 Å². The number of carbonyl (C=O) groups excluding carboxylic acids is 1. The molecule has 4 atom stereocenters. The SMILES string of the molecule is COc1ccc2c3c1OC1C(=O)CCC4(O)C(C2)[N+](C)(C)CCC314. The Morgan fingerprint density at radius 3 is 2.88 bits per heavy atom. The number of ether oxygens (including phenoxy) is 2. The van der Waals surface area contributed by atoms with Gasteiger partial charge in [0.2, 0.25) is 0 Å². The van der Waals surface area contributed by atoms with E-state index >= 15 is 0 Å². The van der Waals surface area contributed by atoms with Crippen molar-refractivity contribution in [2.75, 3.05) is 27.7 Å². The molecule has 2 fully saturated rings. The number of methoxy groups -OCH3 is 1. The van der Waals surface area contributed by atoms with Crippen LogP contribution >= 0.6 is 0 Å². The third-order valence-corrected chi connectivity index (χ3v) is 7.27. The monoisotopic (exact) mass is 330 g/mol. The topological polar surface area (TPSA) is 55.8 Å². The number of rotatable bonds is 1. The van der Waals surface area contributed by atoms with Crippen molar-refractivity contribution in [1.82, 2.24) is 0 Å². The molecule has 2 heterocycles. The molecule has 2 bridgehead atoms. The van der Waals surface area contributed by atoms with E-state index in [9.17, 15) is 9.90 Å². The van der Waals surface area contributed by atoms with Gasteiger partial charge in [0.05, 0.1) is 33.2 Å². The third-order valence-electron chi connectivity index (χ3n) is 7.27. The molecule has 5 nitrogen and oxygen atoms in total. The first kappa shape index (κ1) is 14.7. The van der Waals surface area contributed by atoms with Gasteiger partial charge < -0.3 is 19.1 Å². The fourth-order valence-corrected chi connectivity index (χ4v) is 6.10. The summed E-state index contributed by atoms with van der Waals surface area (Å²) in [6.07, 6.45) is 1.96. The zero-order chi connectivity index (χ0) is 16.9. The van der Waals surface area contributed by atoms with E-state index in [1.54, 1.807) is 7.11 Å². The summed E-state index contributed by atoms with van der Waals surface area (Å²) in [4.78, 5) is 12.7. The van der Waals surface area contributed by atoms with E-state index in [1.807, 2.05) is 6.07 Å². The van der Waals surface area contributed by atoms with Crippen molar-refractivity contribution in [2.45, 2.75) is 48.8 Å². The van der Waals surface area contributed by atoms with E-state index in [4.69, 9.17) is 9.47 Å². The number of likely N-dealkylation sites (tertiary alicyclic amines) is 1. The van der Waals surface area contributed by atoms with Gasteiger partial charge in [0.15, 0.2) is 23.4 Å². The highest BCUT2D eigenvalue weighted by atomic mass is 16.5. The summed E-state index contributed by atoms with van der Waals surface area (Å²) < 4.78 is 12.5. The van der Waals surface area contributed by atoms with Crippen LogP contribution in [0.15, 0.2) is 12.1 Å². The van der Waals surface area contributed by atoms with Crippen molar-refractivity contribution in [3.63, 3.8) is 0 Å². The largest absolute Gasteiger partial charge is 0.493 e. The lowest BCUT2D eigenvalue weighted by molar-refractivity contribution is -0.931. The lowest BCUT2D eigenvalue weighted by Gasteiger charge is -2.63. The molecule has 128 valence electrons. The van der Waals surface area contributed by atoms with Gasteiger partial charge in [-0.15, -0.1) is 0 Å². The van der Waals surface area contributed by atoms with E-state index in [2.05, 4.69) is 20.2 Å². The molecule has 1 N–H and O–H groups in total. The molecular formula is C19H24NO4+. The Kier molecular flexibility index (Phi) is 2.54. The molecule has 1 saturated carbocycles. The van der Waals surface area contributed by atoms with Crippen molar-refractivity contribution < 1.29 is 23.9 Å². The van der Waals surface area contributed by atoms with Crippen LogP contribution < -0.4 is 9.47 Å². The first-order valence-electron chi connectivity index (χ1n) is 8.80. The lowest BCUT2D eigenvalue weighted by atomic mass is 9.48. The standard InChI is InChI=1S/C19H24NO4/c1-20(2)9-8-18-15-11-4-5-13(23-3)16(15)24-17(18)12(21)6-7-19(18,22)14(20)10-11/h4-5,14,17,22H,6-10H2,1-3H3/q+1. The van der Waals surface area contributed by atoms with Crippen LogP contribution in [0.4, 0.5) is 0 Å². The zero-order valence-electron chi connectivity index (χ0n) is 14.5. The van der Waals surface area contributed by atoms with E-state index < -0.39 is 17.1 Å². The third kappa shape index (κ3) is 1.35. The first-order valence-corrected chi connectivity index (χ1v) is 8.80. The van der Waals surface area contributed by atoms with Crippen LogP contribution in [0.3, 0.4) is 0 Å². The number of likely N-dealkylation sites (N-methyl/N-ethyl adjacent to an activating group) is 1. The number of hydrogen-bond donors (Lipinski definition) is 1. The number of ketones is 1. The fraction of sp³-hybridized carbons (Fsp3) is 0.632. The Labute approximate surface area is 141 Å². The van der Waals surface area contributed by atoms with Gasteiger partial charge in [-0.3, -0.25) is 4.79 Å². The number of benzene rings is 1. The number of piperidine rings is 1. The second kappa shape index (κ2) is 4.14. The molecule has 5 heteroatoms. The van der Waals surface area contributed by atoms with E-state index in [-0.39, 0.29) is 11.8 Å². The summed E-state index contributed by atoms with van der Waals surface area (Å²) in [7, 11) is 6.03. The molecular weight excluding hydrogens is 306 g/mol. The Hall–Kier alpha value is -1.59. The summed E-state index contributed by atoms with van der Waals surface area (Å²) in [5.41, 5.74) is 0.776. The van der Waals surface area contributed by atoms with Crippen LogP contribution in [0.25, 0.3) is 0 Å². The quantitative estimate of drug-likeness (QED) is 0.786. The van der Waals surface area contributed by atoms with Gasteiger partial charge >= 0.3 is 0 Å². The molecule has 4 unspecified atom stereocenters. The van der Waals surface area contributed by atoms with E-state index in [0.717, 1.165) is 29.4 Å². The molecule has 0 amide bonds. The van der Waals surface area contributed by atoms with Crippen LogP contribution in [0, 0.1) is 0 Å². The van der Waals surface area contributed by atoms with Gasteiger partial charge in [0.25, 0.3) is 0 Å². The second-order valence-electron chi connectivity index (χ2n) is 8.46. The number of carbonyl (C=O) groups is 1. The van der Waals surface area contributed by atoms with Crippen molar-refractivity contribution in [2.24, 2.45) is 0 Å². The molecule has 0 radical (unpaired) electrons. The Bertz CT molecular complexity index is 773. The molecule has 0 aromatic heterocycles. The highest BCUT2D eigenvalue weighted by Gasteiger charge is 2.75. The maximum absolute atomic E-state index is 12.7. The number of quaternary nitrogens is 1. The first-order chi connectivity index (χ1) is 11.3. The average molecular weight is 330 g/mol. The zero-order valence-corrected chi connectivity index (χ0v) is 14.5. The molecule has 1 aromatic carbocycles. The fourth-order valence-electron chi connectivity index (χ4n) is 6.10. The normalized spacial score (nSPS) is 40.8. The van der Waals surface area contributed by atoms with Crippen molar-refractivity contribution in [1.29, 1.82) is 0 Å². The Morgan fingerprint density at radius 2 is 2.12 bits per heavy atom. The summed E-state index contributed by atoms with van der Waals surface area (Å²) in [5, 5.41) is 11.9. The highest BCUT2D eigenvalue weighted by molar-refractivity contribution is 5.90. The number of hydrogen-bond acceptors (Lipinski definition) is 4. The Morgan fingerprint density at radius 1 is 1.33 bits per heavy atom. The summed E-state index contributed by atoms with van der Waals surface area (Å²) >= 11 is 0. The maximum Gasteiger partial charge on any atom is 0.174 e. The summed E-state index contributed by atoms with van der Waals surface area (Å²) in [5.74, 6) is 1.49. The van der Waals surface area contributed by atoms with Crippen LogP contribution in [0.1, 0.15) is 30.4 Å². The molecule has 4 aliphatic rings. The minimum Gasteiger partial charge on any atom is -0.493 e. The van der Waals surface area contributed by atoms with Crippen molar-refractivity contribution in [3.8, 4) is 11.5 Å². The van der Waals surface area contributed by atoms with Crippen molar-refractivity contribution >= 4 is 5.78 Å². The second-order valence-corrected chi connectivity index (χ2v) is 8.46. The Balaban J connectivity index is 1.86. The van der Waals surface area contributed by atoms with Gasteiger partial charge in [-0.25, -0.2) is 0 Å². The predicted molar refractivity (Wildman–Crippen MR) is 87.4 cm³/mol. The van der Waals surface area contributed by atoms with Gasteiger partial charge in [0.1, 0.15) is 11.6 Å². The molecule has 1 aromatic rings. The van der Waals surface area contributed by atoms with Gasteiger partial charge in [0, 0.05) is 24.8 Å². The lowest BCUT2D eigenvalue weighted by Crippen LogP contribution is -2.79. The van der Waals surface area contributed by atoms with E-state index in [0.29, 0.717) is 24.3 Å². The van der Waals surface area contributed by atoms with Crippen LogP contribution in [-0.4, -0.2) is 60.9 Å². The predicted octanol–water partition coefficient (Wildman–Crippen LogP) is 1.19. The van der Waals surface area contributed by atoms with Gasteiger partial charge in [-0.05, 0) is 18.1 Å². The molecule has 2 aliphatic heterocycles. The van der Waals surface area contributed by atoms with Crippen molar-refractivity contribution in [3.05, 3.63) is 23.3 Å². The van der Waals surface area contributed by atoms with Crippen LogP contribution in [0.2, 0.25) is 0 Å². The molecule has 2 aliphatic carbocycles. The van der Waals surface area contributed by atoms with Crippen LogP contribution in [0.5, 0.6) is 11.5 Å². The smallest absolute Gasteiger partial charge is 0.174 e. The average Bonchev–Trinajstić information content (AvgIpc) is 2.90. The van der Waals surface area contributed by atoms with Crippen LogP contribution in [-0.2, 0) is 16.6 Å². The summed E-state index contributed by atoms with van der Waals surface area (Å²) in [6, 6.07) is 4.13. The van der Waals surface area contributed by atoms with Gasteiger partial charge in [-0.1, -0.05) is 6.07 Å². The molecule has 24 heavy (non-hydrogen) atoms. The molecule has 5 rings (SSSR count). The summed E-state index contributed by atoms with van der Waals surface area (Å²) in [6.45, 7) is 0.941. The van der Waals surface area contributed by atoms with E-state index in [1.165, 1.54) is 5.56 Å². The number of Topliss-reactive ketones (excluding diaryl/α,β-unsaturated/α-hetero) is 1. The number of aliphatic hydroxyl groups is 1. The molecule has 1 saturated heterocycles.